The number of carbonyl (C=O) groups excluding carboxylic acids is 1. The van der Waals surface area contributed by atoms with Crippen molar-refractivity contribution in [2.75, 3.05) is 5.32 Å². The van der Waals surface area contributed by atoms with Crippen molar-refractivity contribution in [1.82, 2.24) is 4.98 Å². The van der Waals surface area contributed by atoms with Crippen LogP contribution in [0.1, 0.15) is 21.5 Å². The molecule has 4 aromatic rings. The molecule has 1 N–H and O–H groups in total. The molecular formula is C22H17FN2OS2. The number of benzene rings is 3. The number of anilines is 1. The maximum atomic E-state index is 13.0. The van der Waals surface area contributed by atoms with Crippen molar-refractivity contribution >= 4 is 44.9 Å². The Kier molecular flexibility index (Phi) is 5.41. The van der Waals surface area contributed by atoms with E-state index in [4.69, 9.17) is 0 Å². The van der Waals surface area contributed by atoms with Crippen LogP contribution in [0.4, 0.5) is 10.1 Å². The Morgan fingerprint density at radius 2 is 1.82 bits per heavy atom. The van der Waals surface area contributed by atoms with Crippen molar-refractivity contribution in [2.45, 2.75) is 17.0 Å². The molecule has 0 saturated heterocycles. The highest BCUT2D eigenvalue weighted by Crippen LogP contribution is 2.33. The fraction of sp³-hybridized carbons (Fsp3) is 0.0909. The summed E-state index contributed by atoms with van der Waals surface area (Å²) in [4.78, 5) is 17.0. The van der Waals surface area contributed by atoms with Gasteiger partial charge in [0.2, 0.25) is 0 Å². The lowest BCUT2D eigenvalue weighted by Crippen LogP contribution is -2.11. The van der Waals surface area contributed by atoms with Gasteiger partial charge in [-0.25, -0.2) is 9.37 Å². The van der Waals surface area contributed by atoms with Crippen LogP contribution in [0.25, 0.3) is 10.2 Å². The molecule has 1 aromatic heterocycles. The average Bonchev–Trinajstić information content (AvgIpc) is 3.10. The minimum Gasteiger partial charge on any atom is -0.322 e. The first-order chi connectivity index (χ1) is 13.6. The van der Waals surface area contributed by atoms with Crippen molar-refractivity contribution in [3.63, 3.8) is 0 Å². The lowest BCUT2D eigenvalue weighted by molar-refractivity contribution is 0.102. The van der Waals surface area contributed by atoms with Crippen LogP contribution in [0.15, 0.2) is 71.1 Å². The Morgan fingerprint density at radius 3 is 2.57 bits per heavy atom. The molecule has 0 saturated carbocycles. The molecule has 140 valence electrons. The van der Waals surface area contributed by atoms with E-state index in [0.717, 1.165) is 37.1 Å². The Labute approximate surface area is 170 Å². The smallest absolute Gasteiger partial charge is 0.255 e. The van der Waals surface area contributed by atoms with Crippen molar-refractivity contribution in [2.24, 2.45) is 0 Å². The molecule has 1 amide bonds. The highest BCUT2D eigenvalue weighted by molar-refractivity contribution is 8.00. The van der Waals surface area contributed by atoms with E-state index in [9.17, 15) is 9.18 Å². The molecule has 0 radical (unpaired) electrons. The van der Waals surface area contributed by atoms with Crippen molar-refractivity contribution < 1.29 is 9.18 Å². The molecule has 0 unspecified atom stereocenters. The van der Waals surface area contributed by atoms with Crippen molar-refractivity contribution in [3.8, 4) is 0 Å². The molecule has 0 aliphatic carbocycles. The Hall–Kier alpha value is -2.70. The van der Waals surface area contributed by atoms with Gasteiger partial charge in [0.1, 0.15) is 5.82 Å². The quantitative estimate of drug-likeness (QED) is 0.395. The number of aryl methyl sites for hydroxylation is 1. The maximum absolute atomic E-state index is 13.0. The van der Waals surface area contributed by atoms with Crippen LogP contribution in [0.3, 0.4) is 0 Å². The summed E-state index contributed by atoms with van der Waals surface area (Å²) in [5, 5.41) is 2.94. The van der Waals surface area contributed by atoms with E-state index in [1.54, 1.807) is 35.2 Å². The second-order valence-corrected chi connectivity index (χ2v) is 8.65. The lowest BCUT2D eigenvalue weighted by atomic mass is 10.1. The number of rotatable bonds is 5. The summed E-state index contributed by atoms with van der Waals surface area (Å²) >= 11 is 3.21. The molecule has 0 aliphatic rings. The third-order valence-corrected chi connectivity index (χ3v) is 6.45. The van der Waals surface area contributed by atoms with Gasteiger partial charge in [0.15, 0.2) is 4.34 Å². The monoisotopic (exact) mass is 408 g/mol. The molecule has 6 heteroatoms. The number of amides is 1. The normalized spacial score (nSPS) is 10.9. The Balaban J connectivity index is 1.46. The van der Waals surface area contributed by atoms with Crippen LogP contribution in [-0.4, -0.2) is 10.9 Å². The van der Waals surface area contributed by atoms with Crippen molar-refractivity contribution in [1.29, 1.82) is 0 Å². The standard InChI is InChI=1S/C22H17FN2OS2/c1-14-2-6-16(7-3-14)21(26)24-18-10-11-19-20(12-18)28-22(25-19)27-13-15-4-8-17(23)9-5-15/h2-12H,13H2,1H3,(H,24,26). The molecule has 3 nitrogen and oxygen atoms in total. The van der Waals surface area contributed by atoms with Gasteiger partial charge in [-0.05, 0) is 55.0 Å². The zero-order chi connectivity index (χ0) is 19.5. The van der Waals surface area contributed by atoms with Gasteiger partial charge in [-0.3, -0.25) is 4.79 Å². The van der Waals surface area contributed by atoms with Crippen LogP contribution in [0.2, 0.25) is 0 Å². The molecule has 0 atom stereocenters. The summed E-state index contributed by atoms with van der Waals surface area (Å²) in [6.07, 6.45) is 0. The highest BCUT2D eigenvalue weighted by atomic mass is 32.2. The zero-order valence-electron chi connectivity index (χ0n) is 15.1. The summed E-state index contributed by atoms with van der Waals surface area (Å²) in [6.45, 7) is 1.99. The number of halogens is 1. The lowest BCUT2D eigenvalue weighted by Gasteiger charge is -2.05. The van der Waals surface area contributed by atoms with Crippen molar-refractivity contribution in [3.05, 3.63) is 89.2 Å². The number of hydrogen-bond acceptors (Lipinski definition) is 4. The van der Waals surface area contributed by atoms with Crippen LogP contribution in [-0.2, 0) is 5.75 Å². The first-order valence-corrected chi connectivity index (χ1v) is 10.5. The summed E-state index contributed by atoms with van der Waals surface area (Å²) in [7, 11) is 0. The van der Waals surface area contributed by atoms with Crippen LogP contribution >= 0.6 is 23.1 Å². The van der Waals surface area contributed by atoms with E-state index in [2.05, 4.69) is 10.3 Å². The summed E-state index contributed by atoms with van der Waals surface area (Å²) in [5.74, 6) is 0.376. The predicted octanol–water partition coefficient (Wildman–Crippen LogP) is 6.29. The highest BCUT2D eigenvalue weighted by Gasteiger charge is 2.09. The minimum atomic E-state index is -0.228. The summed E-state index contributed by atoms with van der Waals surface area (Å²) < 4.78 is 15.0. The minimum absolute atomic E-state index is 0.130. The van der Waals surface area contributed by atoms with E-state index in [0.29, 0.717) is 5.56 Å². The van der Waals surface area contributed by atoms with Gasteiger partial charge in [0.05, 0.1) is 10.2 Å². The number of aromatic nitrogens is 1. The SMILES string of the molecule is Cc1ccc(C(=O)Nc2ccc3nc(SCc4ccc(F)cc4)sc3c2)cc1. The first-order valence-electron chi connectivity index (χ1n) is 8.73. The fourth-order valence-electron chi connectivity index (χ4n) is 2.68. The fourth-order valence-corrected chi connectivity index (χ4v) is 4.74. The van der Waals surface area contributed by atoms with Gasteiger partial charge < -0.3 is 5.32 Å². The van der Waals surface area contributed by atoms with Gasteiger partial charge >= 0.3 is 0 Å². The van der Waals surface area contributed by atoms with Crippen LogP contribution in [0, 0.1) is 12.7 Å². The van der Waals surface area contributed by atoms with Gasteiger partial charge in [-0.2, -0.15) is 0 Å². The first kappa shape index (κ1) is 18.7. The molecule has 0 spiro atoms. The third kappa shape index (κ3) is 4.40. The van der Waals surface area contributed by atoms with Gasteiger partial charge in [-0.15, -0.1) is 11.3 Å². The van der Waals surface area contributed by atoms with E-state index in [1.807, 2.05) is 49.4 Å². The number of thioether (sulfide) groups is 1. The van der Waals surface area contributed by atoms with Gasteiger partial charge in [0.25, 0.3) is 5.91 Å². The number of carbonyl (C=O) groups is 1. The third-order valence-electron chi connectivity index (χ3n) is 4.22. The molecular weight excluding hydrogens is 391 g/mol. The molecule has 0 bridgehead atoms. The predicted molar refractivity (Wildman–Crippen MR) is 115 cm³/mol. The molecule has 0 fully saturated rings. The largest absolute Gasteiger partial charge is 0.322 e. The number of nitrogens with one attached hydrogen (secondary N) is 1. The van der Waals surface area contributed by atoms with Gasteiger partial charge in [-0.1, -0.05) is 41.6 Å². The second-order valence-electron chi connectivity index (χ2n) is 6.40. The maximum Gasteiger partial charge on any atom is 0.255 e. The van der Waals surface area contributed by atoms with E-state index >= 15 is 0 Å². The zero-order valence-corrected chi connectivity index (χ0v) is 16.7. The molecule has 4 rings (SSSR count). The van der Waals surface area contributed by atoms with E-state index < -0.39 is 0 Å². The average molecular weight is 409 g/mol. The van der Waals surface area contributed by atoms with E-state index in [-0.39, 0.29) is 11.7 Å². The van der Waals surface area contributed by atoms with Crippen LogP contribution in [0.5, 0.6) is 0 Å². The van der Waals surface area contributed by atoms with E-state index in [1.165, 1.54) is 12.1 Å². The number of nitrogens with zero attached hydrogens (tertiary/aromatic N) is 1. The Bertz CT molecular complexity index is 1120. The number of hydrogen-bond donors (Lipinski definition) is 1. The topological polar surface area (TPSA) is 42.0 Å². The number of fused-ring (bicyclic) bond motifs is 1. The summed E-state index contributed by atoms with van der Waals surface area (Å²) in [6, 6.07) is 19.7. The molecule has 0 aliphatic heterocycles. The second kappa shape index (κ2) is 8.12. The van der Waals surface area contributed by atoms with Gasteiger partial charge in [0, 0.05) is 17.0 Å². The molecule has 3 aromatic carbocycles. The van der Waals surface area contributed by atoms with Crippen LogP contribution < -0.4 is 5.32 Å². The molecule has 28 heavy (non-hydrogen) atoms. The Morgan fingerprint density at radius 1 is 1.07 bits per heavy atom. The summed E-state index contributed by atoms with van der Waals surface area (Å²) in [5.41, 5.74) is 4.45. The molecule has 1 heterocycles. The number of thiazole rings is 1.